The molecule has 0 saturated carbocycles. The summed E-state index contributed by atoms with van der Waals surface area (Å²) in [6, 6.07) is 1.74. The fourth-order valence-electron chi connectivity index (χ4n) is 1.35. The van der Waals surface area contributed by atoms with Gasteiger partial charge in [0.2, 0.25) is 0 Å². The van der Waals surface area contributed by atoms with Crippen molar-refractivity contribution in [1.82, 2.24) is 0 Å². The molecule has 1 aromatic rings. The van der Waals surface area contributed by atoms with Gasteiger partial charge in [-0.05, 0) is 30.9 Å². The van der Waals surface area contributed by atoms with Crippen molar-refractivity contribution in [2.24, 2.45) is 5.73 Å². The monoisotopic (exact) mass is 253 g/mol. The lowest BCUT2D eigenvalue weighted by Crippen LogP contribution is -2.41. The Hall–Kier alpha value is -0.590. The van der Waals surface area contributed by atoms with Gasteiger partial charge in [0.15, 0.2) is 6.10 Å². The molecule has 6 heteroatoms. The minimum absolute atomic E-state index is 0.531. The van der Waals surface area contributed by atoms with Crippen LogP contribution in [0.3, 0.4) is 0 Å². The lowest BCUT2D eigenvalue weighted by molar-refractivity contribution is -0.209. The molecule has 1 rings (SSSR count). The van der Waals surface area contributed by atoms with Gasteiger partial charge in [-0.25, -0.2) is 0 Å². The van der Waals surface area contributed by atoms with Crippen LogP contribution < -0.4 is 5.73 Å². The summed E-state index contributed by atoms with van der Waals surface area (Å²) in [4.78, 5) is 0.647. The van der Waals surface area contributed by atoms with Gasteiger partial charge in [0.05, 0.1) is 5.54 Å². The lowest BCUT2D eigenvalue weighted by atomic mass is 9.93. The Bertz CT molecular complexity index is 359. The summed E-state index contributed by atoms with van der Waals surface area (Å²) in [6.07, 6.45) is -7.53. The Labute approximate surface area is 95.9 Å². The Kier molecular flexibility index (Phi) is 3.66. The number of rotatable bonds is 3. The molecule has 0 aliphatic rings. The molecule has 1 aromatic heterocycles. The van der Waals surface area contributed by atoms with Crippen molar-refractivity contribution in [3.63, 3.8) is 0 Å². The highest BCUT2D eigenvalue weighted by atomic mass is 32.1. The standard InChI is InChI=1S/C10H14F3NOS/c1-6-3-8(16-5-6)9(2,14)4-7(15)10(11,12)13/h3,5,7,15H,4,14H2,1-2H3/t7-,9-/m0/s1. The van der Waals surface area contributed by atoms with Gasteiger partial charge in [0.1, 0.15) is 0 Å². The molecule has 0 aliphatic carbocycles. The predicted octanol–water partition coefficient (Wildman–Crippen LogP) is 2.54. The fraction of sp³-hybridized carbons (Fsp3) is 0.600. The predicted molar refractivity (Wildman–Crippen MR) is 57.3 cm³/mol. The first kappa shape index (κ1) is 13.5. The number of halogens is 3. The van der Waals surface area contributed by atoms with Crippen LogP contribution >= 0.6 is 11.3 Å². The highest BCUT2D eigenvalue weighted by Gasteiger charge is 2.42. The molecule has 0 saturated heterocycles. The molecule has 0 radical (unpaired) electrons. The van der Waals surface area contributed by atoms with Crippen LogP contribution in [-0.2, 0) is 5.54 Å². The largest absolute Gasteiger partial charge is 0.414 e. The molecule has 2 nitrogen and oxygen atoms in total. The van der Waals surface area contributed by atoms with Crippen molar-refractivity contribution >= 4 is 11.3 Å². The van der Waals surface area contributed by atoms with Gasteiger partial charge in [-0.3, -0.25) is 0 Å². The Morgan fingerprint density at radius 2 is 2.06 bits per heavy atom. The zero-order chi connectivity index (χ0) is 12.6. The zero-order valence-corrected chi connectivity index (χ0v) is 9.82. The van der Waals surface area contributed by atoms with Crippen LogP contribution in [0.2, 0.25) is 0 Å². The van der Waals surface area contributed by atoms with Crippen molar-refractivity contribution in [3.05, 3.63) is 21.9 Å². The van der Waals surface area contributed by atoms with E-state index in [1.165, 1.54) is 18.3 Å². The molecule has 0 bridgehead atoms. The third kappa shape index (κ3) is 3.20. The Balaban J connectivity index is 2.80. The first-order valence-electron chi connectivity index (χ1n) is 4.72. The number of hydrogen-bond acceptors (Lipinski definition) is 3. The second kappa shape index (κ2) is 4.35. The average molecular weight is 253 g/mol. The SMILES string of the molecule is Cc1csc([C@@](C)(N)C[C@H](O)C(F)(F)F)c1. The maximum atomic E-state index is 12.2. The van der Waals surface area contributed by atoms with Crippen LogP contribution in [0.4, 0.5) is 13.2 Å². The van der Waals surface area contributed by atoms with E-state index in [9.17, 15) is 13.2 Å². The highest BCUT2D eigenvalue weighted by Crippen LogP contribution is 2.33. The van der Waals surface area contributed by atoms with Gasteiger partial charge >= 0.3 is 6.18 Å². The number of hydrogen-bond donors (Lipinski definition) is 2. The van der Waals surface area contributed by atoms with Crippen LogP contribution in [0.15, 0.2) is 11.4 Å². The molecule has 0 spiro atoms. The normalized spacial score (nSPS) is 18.2. The van der Waals surface area contributed by atoms with E-state index in [0.29, 0.717) is 4.88 Å². The molecule has 16 heavy (non-hydrogen) atoms. The quantitative estimate of drug-likeness (QED) is 0.869. The van der Waals surface area contributed by atoms with Gasteiger partial charge in [0.25, 0.3) is 0 Å². The Morgan fingerprint density at radius 3 is 2.44 bits per heavy atom. The van der Waals surface area contributed by atoms with Gasteiger partial charge in [0, 0.05) is 11.3 Å². The number of aliphatic hydroxyl groups is 1. The minimum atomic E-state index is -4.62. The van der Waals surface area contributed by atoms with Crippen LogP contribution in [0, 0.1) is 6.92 Å². The van der Waals surface area contributed by atoms with Crippen LogP contribution in [-0.4, -0.2) is 17.4 Å². The molecule has 92 valence electrons. The highest BCUT2D eigenvalue weighted by molar-refractivity contribution is 7.10. The Morgan fingerprint density at radius 1 is 1.50 bits per heavy atom. The van der Waals surface area contributed by atoms with E-state index >= 15 is 0 Å². The molecule has 1 heterocycles. The summed E-state index contributed by atoms with van der Waals surface area (Å²) >= 11 is 1.31. The number of nitrogens with two attached hydrogens (primary N) is 1. The molecule has 0 aliphatic heterocycles. The van der Waals surface area contributed by atoms with Crippen molar-refractivity contribution in [3.8, 4) is 0 Å². The minimum Gasteiger partial charge on any atom is -0.384 e. The number of aryl methyl sites for hydroxylation is 1. The molecule has 0 unspecified atom stereocenters. The molecule has 0 fully saturated rings. The van der Waals surface area contributed by atoms with E-state index in [1.807, 2.05) is 12.3 Å². The van der Waals surface area contributed by atoms with E-state index in [2.05, 4.69) is 0 Å². The smallest absolute Gasteiger partial charge is 0.384 e. The second-order valence-electron chi connectivity index (χ2n) is 4.17. The average Bonchev–Trinajstić information content (AvgIpc) is 2.49. The fourth-order valence-corrected chi connectivity index (χ4v) is 2.34. The van der Waals surface area contributed by atoms with Gasteiger partial charge in [-0.1, -0.05) is 0 Å². The third-order valence-corrected chi connectivity index (χ3v) is 3.62. The summed E-state index contributed by atoms with van der Waals surface area (Å²) in [7, 11) is 0. The summed E-state index contributed by atoms with van der Waals surface area (Å²) in [5, 5.41) is 10.8. The van der Waals surface area contributed by atoms with Crippen molar-refractivity contribution in [2.45, 2.75) is 38.1 Å². The second-order valence-corrected chi connectivity index (χ2v) is 5.08. The molecular weight excluding hydrogens is 239 g/mol. The van der Waals surface area contributed by atoms with Crippen molar-refractivity contribution in [1.29, 1.82) is 0 Å². The van der Waals surface area contributed by atoms with Crippen molar-refractivity contribution < 1.29 is 18.3 Å². The molecule has 2 atom stereocenters. The van der Waals surface area contributed by atoms with Crippen molar-refractivity contribution in [2.75, 3.05) is 0 Å². The van der Waals surface area contributed by atoms with Crippen LogP contribution in [0.5, 0.6) is 0 Å². The zero-order valence-electron chi connectivity index (χ0n) is 9.01. The maximum Gasteiger partial charge on any atom is 0.414 e. The summed E-state index contributed by atoms with van der Waals surface area (Å²) in [5.74, 6) is 0. The molecule has 3 N–H and O–H groups in total. The molecule has 0 aromatic carbocycles. The lowest BCUT2D eigenvalue weighted by Gasteiger charge is -2.27. The van der Waals surface area contributed by atoms with Crippen LogP contribution in [0.25, 0.3) is 0 Å². The van der Waals surface area contributed by atoms with Crippen LogP contribution in [0.1, 0.15) is 23.8 Å². The van der Waals surface area contributed by atoms with E-state index in [-0.39, 0.29) is 0 Å². The third-order valence-electron chi connectivity index (χ3n) is 2.29. The summed E-state index contributed by atoms with van der Waals surface area (Å²) in [5.41, 5.74) is 5.60. The topological polar surface area (TPSA) is 46.2 Å². The summed E-state index contributed by atoms with van der Waals surface area (Å²) in [6.45, 7) is 3.34. The molecule has 0 amide bonds. The van der Waals surface area contributed by atoms with E-state index in [0.717, 1.165) is 5.56 Å². The van der Waals surface area contributed by atoms with Gasteiger partial charge in [-0.15, -0.1) is 11.3 Å². The number of aliphatic hydroxyl groups excluding tert-OH is 1. The van der Waals surface area contributed by atoms with Gasteiger partial charge in [-0.2, -0.15) is 13.2 Å². The van der Waals surface area contributed by atoms with Gasteiger partial charge < -0.3 is 10.8 Å². The molecular formula is C10H14F3NOS. The first-order valence-corrected chi connectivity index (χ1v) is 5.60. The first-order chi connectivity index (χ1) is 7.13. The number of alkyl halides is 3. The maximum absolute atomic E-state index is 12.2. The summed E-state index contributed by atoms with van der Waals surface area (Å²) < 4.78 is 36.6. The van der Waals surface area contributed by atoms with E-state index < -0.39 is 24.2 Å². The number of thiophene rings is 1. The van der Waals surface area contributed by atoms with E-state index in [1.54, 1.807) is 6.07 Å². The van der Waals surface area contributed by atoms with E-state index in [4.69, 9.17) is 10.8 Å².